The monoisotopic (exact) mass is 340 g/mol. The van der Waals surface area contributed by atoms with Crippen LogP contribution in [0, 0.1) is 11.8 Å². The zero-order valence-electron chi connectivity index (χ0n) is 11.9. The Labute approximate surface area is 126 Å². The quantitative estimate of drug-likeness (QED) is 0.479. The van der Waals surface area contributed by atoms with Crippen molar-refractivity contribution >= 4 is 31.2 Å². The standard InChI is InChI=1S/C16H20O3Se/c1-3-19-16(18)15-13(17)9-11(2)10-14(15)20-12-7-5-4-6-8-12/h4-8,11,14-15H,3,9-10H2,1-2H3. The Bertz CT molecular complexity index is 464. The van der Waals surface area contributed by atoms with E-state index in [0.29, 0.717) is 18.9 Å². The number of esters is 1. The third-order valence-corrected chi connectivity index (χ3v) is 6.23. The number of hydrogen-bond donors (Lipinski definition) is 0. The van der Waals surface area contributed by atoms with Crippen LogP contribution in [-0.4, -0.2) is 33.3 Å². The van der Waals surface area contributed by atoms with Crippen LogP contribution in [0.5, 0.6) is 0 Å². The second-order valence-electron chi connectivity index (χ2n) is 5.21. The van der Waals surface area contributed by atoms with Crippen molar-refractivity contribution in [1.82, 2.24) is 0 Å². The van der Waals surface area contributed by atoms with Crippen molar-refractivity contribution in [1.29, 1.82) is 0 Å². The predicted molar refractivity (Wildman–Crippen MR) is 79.1 cm³/mol. The van der Waals surface area contributed by atoms with E-state index in [1.54, 1.807) is 6.92 Å². The summed E-state index contributed by atoms with van der Waals surface area (Å²) in [6.45, 7) is 4.21. The van der Waals surface area contributed by atoms with Gasteiger partial charge in [0, 0.05) is 0 Å². The molecule has 0 N–H and O–H groups in total. The summed E-state index contributed by atoms with van der Waals surface area (Å²) in [4.78, 5) is 24.4. The zero-order chi connectivity index (χ0) is 14.5. The van der Waals surface area contributed by atoms with Gasteiger partial charge in [0.2, 0.25) is 0 Å². The van der Waals surface area contributed by atoms with E-state index >= 15 is 0 Å². The molecule has 20 heavy (non-hydrogen) atoms. The van der Waals surface area contributed by atoms with E-state index in [2.05, 4.69) is 19.1 Å². The van der Waals surface area contributed by atoms with Gasteiger partial charge in [0.1, 0.15) is 0 Å². The fourth-order valence-electron chi connectivity index (χ4n) is 2.60. The Kier molecular flexibility index (Phi) is 5.38. The van der Waals surface area contributed by atoms with E-state index in [1.165, 1.54) is 4.46 Å². The number of carbonyl (C=O) groups is 2. The van der Waals surface area contributed by atoms with Gasteiger partial charge in [-0.05, 0) is 0 Å². The molecule has 3 unspecified atom stereocenters. The Morgan fingerprint density at radius 2 is 2.05 bits per heavy atom. The Morgan fingerprint density at radius 3 is 2.70 bits per heavy atom. The molecule has 1 saturated carbocycles. The van der Waals surface area contributed by atoms with E-state index < -0.39 is 5.92 Å². The molecule has 0 amide bonds. The maximum atomic E-state index is 12.2. The first-order valence-electron chi connectivity index (χ1n) is 7.02. The number of benzene rings is 1. The molecule has 2 rings (SSSR count). The van der Waals surface area contributed by atoms with Gasteiger partial charge in [-0.1, -0.05) is 0 Å². The minimum absolute atomic E-state index is 0.0602. The van der Waals surface area contributed by atoms with Gasteiger partial charge < -0.3 is 0 Å². The van der Waals surface area contributed by atoms with Crippen LogP contribution in [0.1, 0.15) is 26.7 Å². The first-order chi connectivity index (χ1) is 9.61. The van der Waals surface area contributed by atoms with Crippen LogP contribution in [0.4, 0.5) is 0 Å². The van der Waals surface area contributed by atoms with Gasteiger partial charge >= 0.3 is 126 Å². The zero-order valence-corrected chi connectivity index (χ0v) is 13.6. The number of rotatable bonds is 4. The van der Waals surface area contributed by atoms with Crippen LogP contribution in [-0.2, 0) is 14.3 Å². The predicted octanol–water partition coefficient (Wildman–Crippen LogP) is 1.98. The Morgan fingerprint density at radius 1 is 1.35 bits per heavy atom. The molecule has 1 aromatic rings. The molecule has 1 aliphatic carbocycles. The summed E-state index contributed by atoms with van der Waals surface area (Å²) < 4.78 is 6.34. The summed E-state index contributed by atoms with van der Waals surface area (Å²) >= 11 is 0.128. The summed E-state index contributed by atoms with van der Waals surface area (Å²) in [6, 6.07) is 10.1. The minimum atomic E-state index is -0.550. The van der Waals surface area contributed by atoms with E-state index in [1.807, 2.05) is 18.2 Å². The third-order valence-electron chi connectivity index (χ3n) is 3.47. The topological polar surface area (TPSA) is 43.4 Å². The number of carbonyl (C=O) groups excluding carboxylic acids is 2. The fourth-order valence-corrected chi connectivity index (χ4v) is 5.72. The van der Waals surface area contributed by atoms with Gasteiger partial charge in [-0.15, -0.1) is 0 Å². The normalized spacial score (nSPS) is 26.3. The molecule has 1 aromatic carbocycles. The molecule has 1 fully saturated rings. The Hall–Kier alpha value is -1.12. The summed E-state index contributed by atoms with van der Waals surface area (Å²) in [7, 11) is 0. The first-order valence-corrected chi connectivity index (χ1v) is 8.87. The molecule has 0 aliphatic heterocycles. The molecule has 0 spiro atoms. The molecule has 3 atom stereocenters. The van der Waals surface area contributed by atoms with Crippen LogP contribution in [0.25, 0.3) is 0 Å². The van der Waals surface area contributed by atoms with Gasteiger partial charge in [-0.3, -0.25) is 0 Å². The number of ether oxygens (including phenoxy) is 1. The second-order valence-corrected chi connectivity index (χ2v) is 7.96. The SMILES string of the molecule is CCOC(=O)C1C(=O)CC(C)CC1[Se]c1ccccc1. The Balaban J connectivity index is 2.16. The van der Waals surface area contributed by atoms with Gasteiger partial charge in [-0.2, -0.15) is 0 Å². The van der Waals surface area contributed by atoms with Crippen LogP contribution >= 0.6 is 0 Å². The molecule has 0 aromatic heterocycles. The van der Waals surface area contributed by atoms with Crippen molar-refractivity contribution in [3.63, 3.8) is 0 Å². The van der Waals surface area contributed by atoms with Gasteiger partial charge in [-0.25, -0.2) is 0 Å². The molecule has 3 nitrogen and oxygen atoms in total. The van der Waals surface area contributed by atoms with E-state index in [0.717, 1.165) is 6.42 Å². The number of hydrogen-bond acceptors (Lipinski definition) is 3. The average molecular weight is 339 g/mol. The molecule has 1 aliphatic rings. The van der Waals surface area contributed by atoms with Crippen LogP contribution in [0.15, 0.2) is 30.3 Å². The van der Waals surface area contributed by atoms with Crippen LogP contribution in [0.2, 0.25) is 4.82 Å². The fraction of sp³-hybridized carbons (Fsp3) is 0.500. The summed E-state index contributed by atoms with van der Waals surface area (Å²) in [5.74, 6) is -0.452. The molecule has 0 heterocycles. The maximum absolute atomic E-state index is 12.2. The van der Waals surface area contributed by atoms with Gasteiger partial charge in [0.15, 0.2) is 0 Å². The third kappa shape index (κ3) is 3.71. The summed E-state index contributed by atoms with van der Waals surface area (Å²) in [5, 5.41) is 0. The van der Waals surface area contributed by atoms with Crippen molar-refractivity contribution < 1.29 is 14.3 Å². The van der Waals surface area contributed by atoms with Crippen molar-refractivity contribution in [2.45, 2.75) is 31.5 Å². The average Bonchev–Trinajstić information content (AvgIpc) is 2.39. The first kappa shape index (κ1) is 15.3. The summed E-state index contributed by atoms with van der Waals surface area (Å²) in [5.41, 5.74) is 0. The van der Waals surface area contributed by atoms with E-state index in [-0.39, 0.29) is 31.5 Å². The van der Waals surface area contributed by atoms with Crippen molar-refractivity contribution in [2.75, 3.05) is 6.61 Å². The van der Waals surface area contributed by atoms with Gasteiger partial charge in [0.05, 0.1) is 0 Å². The van der Waals surface area contributed by atoms with Crippen molar-refractivity contribution in [2.24, 2.45) is 11.8 Å². The van der Waals surface area contributed by atoms with E-state index in [9.17, 15) is 9.59 Å². The molecule has 0 saturated heterocycles. The molecular weight excluding hydrogens is 319 g/mol. The van der Waals surface area contributed by atoms with Crippen LogP contribution in [0.3, 0.4) is 0 Å². The molecule has 108 valence electrons. The second kappa shape index (κ2) is 7.05. The molecule has 0 radical (unpaired) electrons. The van der Waals surface area contributed by atoms with E-state index in [4.69, 9.17) is 4.74 Å². The number of ketones is 1. The van der Waals surface area contributed by atoms with Crippen LogP contribution < -0.4 is 4.46 Å². The van der Waals surface area contributed by atoms with Crippen molar-refractivity contribution in [3.8, 4) is 0 Å². The number of Topliss-reactive ketones (excluding diaryl/α,β-unsaturated/α-hetero) is 1. The molecule has 4 heteroatoms. The van der Waals surface area contributed by atoms with Crippen molar-refractivity contribution in [3.05, 3.63) is 30.3 Å². The molecule has 0 bridgehead atoms. The molecular formula is C16H20O3Se. The summed E-state index contributed by atoms with van der Waals surface area (Å²) in [6.07, 6.45) is 1.44. The van der Waals surface area contributed by atoms with Gasteiger partial charge in [0.25, 0.3) is 0 Å².